The monoisotopic (exact) mass is 335 g/mol. The molecule has 0 aliphatic carbocycles. The minimum Gasteiger partial charge on any atom is -0.424 e. The molecule has 3 aromatic rings. The molecule has 0 fully saturated rings. The molecule has 124 valence electrons. The van der Waals surface area contributed by atoms with Gasteiger partial charge in [0, 0.05) is 11.1 Å². The Bertz CT molecular complexity index is 868. The fourth-order valence-corrected chi connectivity index (χ4v) is 2.17. The fraction of sp³-hybridized carbons (Fsp3) is 0.200. The first-order valence-corrected chi connectivity index (χ1v) is 6.86. The van der Waals surface area contributed by atoms with Crippen LogP contribution in [0, 0.1) is 6.92 Å². The van der Waals surface area contributed by atoms with Crippen molar-refractivity contribution in [2.45, 2.75) is 19.6 Å². The Morgan fingerprint density at radius 1 is 1.29 bits per heavy atom. The number of hydrogen-bond acceptors (Lipinski definition) is 5. The van der Waals surface area contributed by atoms with Gasteiger partial charge >= 0.3 is 6.18 Å². The Morgan fingerprint density at radius 2 is 2.08 bits per heavy atom. The molecule has 0 spiro atoms. The highest BCUT2D eigenvalue weighted by molar-refractivity contribution is 5.58. The maximum Gasteiger partial charge on any atom is 0.416 e. The Kier molecular flexibility index (Phi) is 3.92. The van der Waals surface area contributed by atoms with E-state index in [-0.39, 0.29) is 18.3 Å². The molecule has 0 aliphatic rings. The number of aromatic nitrogens is 5. The van der Waals surface area contributed by atoms with Crippen molar-refractivity contribution in [1.29, 1.82) is 0 Å². The van der Waals surface area contributed by atoms with Gasteiger partial charge in [0.15, 0.2) is 5.82 Å². The SMILES string of the molecule is C=C(Cn1cnc(-c2cc(C)cc(C(F)(F)F)c2)n1)c1nnco1. The van der Waals surface area contributed by atoms with Crippen LogP contribution in [0.15, 0.2) is 41.9 Å². The van der Waals surface area contributed by atoms with E-state index < -0.39 is 11.7 Å². The van der Waals surface area contributed by atoms with E-state index in [2.05, 4.69) is 26.9 Å². The summed E-state index contributed by atoms with van der Waals surface area (Å²) in [6.45, 7) is 5.62. The van der Waals surface area contributed by atoms with Gasteiger partial charge in [0.2, 0.25) is 12.3 Å². The molecule has 0 amide bonds. The van der Waals surface area contributed by atoms with E-state index in [9.17, 15) is 13.2 Å². The standard InChI is InChI=1S/C15H12F3N5O/c1-9-3-11(5-12(4-9)15(16,17)18)13-19-7-23(22-13)6-10(2)14-21-20-8-24-14/h3-5,7-8H,2,6H2,1H3. The predicted molar refractivity (Wildman–Crippen MR) is 78.5 cm³/mol. The van der Waals surface area contributed by atoms with Gasteiger partial charge in [-0.2, -0.15) is 18.3 Å². The number of nitrogens with zero attached hydrogens (tertiary/aromatic N) is 5. The molecule has 3 rings (SSSR count). The minimum absolute atomic E-state index is 0.197. The largest absolute Gasteiger partial charge is 0.424 e. The van der Waals surface area contributed by atoms with Gasteiger partial charge in [-0.15, -0.1) is 10.2 Å². The molecule has 0 N–H and O–H groups in total. The van der Waals surface area contributed by atoms with E-state index in [0.717, 1.165) is 12.1 Å². The highest BCUT2D eigenvalue weighted by Gasteiger charge is 2.31. The van der Waals surface area contributed by atoms with Crippen LogP contribution >= 0.6 is 0 Å². The van der Waals surface area contributed by atoms with Crippen molar-refractivity contribution >= 4 is 5.57 Å². The molecular weight excluding hydrogens is 323 g/mol. The van der Waals surface area contributed by atoms with E-state index >= 15 is 0 Å². The zero-order valence-corrected chi connectivity index (χ0v) is 12.6. The maximum atomic E-state index is 12.9. The third-order valence-corrected chi connectivity index (χ3v) is 3.21. The Morgan fingerprint density at radius 3 is 2.75 bits per heavy atom. The highest BCUT2D eigenvalue weighted by atomic mass is 19.4. The highest BCUT2D eigenvalue weighted by Crippen LogP contribution is 2.32. The van der Waals surface area contributed by atoms with Crippen LogP contribution in [-0.2, 0) is 12.7 Å². The number of allylic oxidation sites excluding steroid dienone is 1. The van der Waals surface area contributed by atoms with Crippen molar-refractivity contribution in [3.8, 4) is 11.4 Å². The van der Waals surface area contributed by atoms with Gasteiger partial charge in [-0.25, -0.2) is 9.67 Å². The van der Waals surface area contributed by atoms with Gasteiger partial charge in [-0.05, 0) is 30.7 Å². The van der Waals surface area contributed by atoms with Crippen molar-refractivity contribution in [1.82, 2.24) is 25.0 Å². The molecule has 0 saturated heterocycles. The summed E-state index contributed by atoms with van der Waals surface area (Å²) in [6.07, 6.45) is -1.83. The molecule has 1 aromatic carbocycles. The summed E-state index contributed by atoms with van der Waals surface area (Å²) in [5, 5.41) is 11.5. The first-order valence-electron chi connectivity index (χ1n) is 6.86. The third-order valence-electron chi connectivity index (χ3n) is 3.21. The molecule has 6 nitrogen and oxygen atoms in total. The van der Waals surface area contributed by atoms with Gasteiger partial charge < -0.3 is 4.42 Å². The van der Waals surface area contributed by atoms with Gasteiger partial charge in [0.1, 0.15) is 6.33 Å². The van der Waals surface area contributed by atoms with Crippen molar-refractivity contribution < 1.29 is 17.6 Å². The zero-order chi connectivity index (χ0) is 17.3. The lowest BCUT2D eigenvalue weighted by atomic mass is 10.1. The van der Waals surface area contributed by atoms with E-state index in [1.807, 2.05) is 0 Å². The smallest absolute Gasteiger partial charge is 0.416 e. The summed E-state index contributed by atoms with van der Waals surface area (Å²) in [5.41, 5.74) is 0.559. The van der Waals surface area contributed by atoms with Crippen molar-refractivity contribution in [2.75, 3.05) is 0 Å². The van der Waals surface area contributed by atoms with Crippen molar-refractivity contribution in [3.63, 3.8) is 0 Å². The summed E-state index contributed by atoms with van der Waals surface area (Å²) >= 11 is 0. The lowest BCUT2D eigenvalue weighted by Crippen LogP contribution is -2.05. The Hall–Kier alpha value is -2.97. The van der Waals surface area contributed by atoms with E-state index in [1.54, 1.807) is 13.0 Å². The number of aryl methyl sites for hydroxylation is 1. The molecule has 24 heavy (non-hydrogen) atoms. The van der Waals surface area contributed by atoms with Gasteiger partial charge in [0.05, 0.1) is 12.1 Å². The van der Waals surface area contributed by atoms with Crippen LogP contribution in [0.5, 0.6) is 0 Å². The second-order valence-corrected chi connectivity index (χ2v) is 5.20. The summed E-state index contributed by atoms with van der Waals surface area (Å²) in [7, 11) is 0. The Balaban J connectivity index is 1.86. The topological polar surface area (TPSA) is 69.6 Å². The predicted octanol–water partition coefficient (Wildman–Crippen LogP) is 3.37. The first-order chi connectivity index (χ1) is 11.3. The normalized spacial score (nSPS) is 11.7. The van der Waals surface area contributed by atoms with Crippen LogP contribution in [0.2, 0.25) is 0 Å². The van der Waals surface area contributed by atoms with Crippen LogP contribution in [0.3, 0.4) is 0 Å². The van der Waals surface area contributed by atoms with Gasteiger partial charge in [0.25, 0.3) is 0 Å². The zero-order valence-electron chi connectivity index (χ0n) is 12.6. The summed E-state index contributed by atoms with van der Waals surface area (Å²) < 4.78 is 45.2. The number of alkyl halides is 3. The lowest BCUT2D eigenvalue weighted by Gasteiger charge is -2.09. The second-order valence-electron chi connectivity index (χ2n) is 5.20. The Labute approximate surface area is 134 Å². The molecule has 0 radical (unpaired) electrons. The summed E-state index contributed by atoms with van der Waals surface area (Å²) in [5.74, 6) is 0.462. The number of hydrogen-bond donors (Lipinski definition) is 0. The molecular formula is C15H12F3N5O. The molecule has 2 aromatic heterocycles. The number of rotatable bonds is 4. The molecule has 0 aliphatic heterocycles. The number of halogens is 3. The van der Waals surface area contributed by atoms with Crippen LogP contribution < -0.4 is 0 Å². The second kappa shape index (κ2) is 5.91. The van der Waals surface area contributed by atoms with E-state index in [0.29, 0.717) is 16.7 Å². The average molecular weight is 335 g/mol. The molecule has 9 heteroatoms. The van der Waals surface area contributed by atoms with Crippen LogP contribution in [0.1, 0.15) is 17.0 Å². The molecule has 2 heterocycles. The van der Waals surface area contributed by atoms with Crippen molar-refractivity contribution in [3.05, 3.63) is 54.5 Å². The number of benzene rings is 1. The van der Waals surface area contributed by atoms with Crippen LogP contribution in [-0.4, -0.2) is 25.0 Å². The van der Waals surface area contributed by atoms with Crippen LogP contribution in [0.4, 0.5) is 13.2 Å². The molecule has 0 atom stereocenters. The maximum absolute atomic E-state index is 12.9. The van der Waals surface area contributed by atoms with Gasteiger partial charge in [-0.3, -0.25) is 0 Å². The lowest BCUT2D eigenvalue weighted by molar-refractivity contribution is -0.137. The summed E-state index contributed by atoms with van der Waals surface area (Å²) in [4.78, 5) is 4.06. The molecule has 0 unspecified atom stereocenters. The van der Waals surface area contributed by atoms with Crippen LogP contribution in [0.25, 0.3) is 17.0 Å². The molecule has 0 bridgehead atoms. The third kappa shape index (κ3) is 3.34. The average Bonchev–Trinajstić information content (AvgIpc) is 3.17. The van der Waals surface area contributed by atoms with E-state index in [1.165, 1.54) is 17.4 Å². The fourth-order valence-electron chi connectivity index (χ4n) is 2.17. The first kappa shape index (κ1) is 15.9. The van der Waals surface area contributed by atoms with Gasteiger partial charge in [-0.1, -0.05) is 6.58 Å². The van der Waals surface area contributed by atoms with Crippen molar-refractivity contribution in [2.24, 2.45) is 0 Å². The molecule has 0 saturated carbocycles. The summed E-state index contributed by atoms with van der Waals surface area (Å²) in [6, 6.07) is 3.71. The quantitative estimate of drug-likeness (QED) is 0.731. The minimum atomic E-state index is -4.42. The van der Waals surface area contributed by atoms with E-state index in [4.69, 9.17) is 4.42 Å².